The number of nitrogen functional groups attached to an aromatic ring is 1. The number of nitrogens with one attached hydrogen (secondary N) is 1. The molecule has 1 aliphatic rings. The fourth-order valence-corrected chi connectivity index (χ4v) is 1.29. The quantitative estimate of drug-likeness (QED) is 0.766. The summed E-state index contributed by atoms with van der Waals surface area (Å²) in [5.74, 6) is -1.43. The Kier molecular flexibility index (Phi) is 2.10. The van der Waals surface area contributed by atoms with Gasteiger partial charge in [-0.25, -0.2) is 9.37 Å². The third-order valence-electron chi connectivity index (χ3n) is 2.58. The number of nitrogens with two attached hydrogens (primary N) is 1. The Morgan fingerprint density at radius 2 is 2.33 bits per heavy atom. The van der Waals surface area contributed by atoms with Gasteiger partial charge in [-0.3, -0.25) is 4.79 Å². The van der Waals surface area contributed by atoms with Crippen LogP contribution in [0.2, 0.25) is 0 Å². The molecule has 4 nitrogen and oxygen atoms in total. The Morgan fingerprint density at radius 3 is 2.93 bits per heavy atom. The minimum atomic E-state index is -0.751. The first-order chi connectivity index (χ1) is 7.02. The van der Waals surface area contributed by atoms with Crippen LogP contribution in [0.3, 0.4) is 0 Å². The third kappa shape index (κ3) is 1.91. The van der Waals surface area contributed by atoms with Crippen molar-refractivity contribution in [3.05, 3.63) is 23.6 Å². The molecule has 0 aromatic carbocycles. The molecule has 0 aliphatic heterocycles. The Labute approximate surface area is 86.7 Å². The van der Waals surface area contributed by atoms with Crippen LogP contribution in [0.4, 0.5) is 10.2 Å². The summed E-state index contributed by atoms with van der Waals surface area (Å²) in [6.07, 6.45) is 3.18. The first-order valence-electron chi connectivity index (χ1n) is 4.74. The lowest BCUT2D eigenvalue weighted by atomic mass is 10.2. The Bertz CT molecular complexity index is 415. The van der Waals surface area contributed by atoms with Crippen LogP contribution in [0, 0.1) is 5.82 Å². The van der Waals surface area contributed by atoms with Gasteiger partial charge >= 0.3 is 0 Å². The standard InChI is InChI=1S/C10H12FN3O/c1-10(3-4-10)14-9(15)6-2-5-13-8(12)7(6)11/h2,5H,3-4H2,1H3,(H2,12,13)(H,14,15). The van der Waals surface area contributed by atoms with Crippen molar-refractivity contribution in [1.82, 2.24) is 10.3 Å². The number of aromatic nitrogens is 1. The average molecular weight is 209 g/mol. The number of pyridine rings is 1. The normalized spacial score (nSPS) is 17.2. The second-order valence-electron chi connectivity index (χ2n) is 4.07. The molecule has 0 radical (unpaired) electrons. The molecular weight excluding hydrogens is 197 g/mol. The minimum Gasteiger partial charge on any atom is -0.381 e. The number of hydrogen-bond acceptors (Lipinski definition) is 3. The smallest absolute Gasteiger partial charge is 0.254 e. The summed E-state index contributed by atoms with van der Waals surface area (Å²) in [7, 11) is 0. The number of hydrogen-bond donors (Lipinski definition) is 2. The average Bonchev–Trinajstić information content (AvgIpc) is 2.88. The summed E-state index contributed by atoms with van der Waals surface area (Å²) in [6, 6.07) is 1.33. The maximum absolute atomic E-state index is 13.4. The SMILES string of the molecule is CC1(NC(=O)c2ccnc(N)c2F)CC1. The van der Waals surface area contributed by atoms with E-state index in [-0.39, 0.29) is 16.9 Å². The molecule has 3 N–H and O–H groups in total. The van der Waals surface area contributed by atoms with E-state index < -0.39 is 11.7 Å². The second-order valence-corrected chi connectivity index (χ2v) is 4.07. The number of carbonyl (C=O) groups excluding carboxylic acids is 1. The zero-order valence-electron chi connectivity index (χ0n) is 8.38. The van der Waals surface area contributed by atoms with Gasteiger partial charge in [0, 0.05) is 11.7 Å². The molecule has 1 amide bonds. The van der Waals surface area contributed by atoms with Gasteiger partial charge in [0.15, 0.2) is 11.6 Å². The predicted molar refractivity (Wildman–Crippen MR) is 53.7 cm³/mol. The van der Waals surface area contributed by atoms with Crippen molar-refractivity contribution in [2.75, 3.05) is 5.73 Å². The number of nitrogens with zero attached hydrogens (tertiary/aromatic N) is 1. The molecule has 1 aromatic heterocycles. The highest BCUT2D eigenvalue weighted by molar-refractivity contribution is 5.95. The molecule has 0 atom stereocenters. The van der Waals surface area contributed by atoms with Gasteiger partial charge in [0.05, 0.1) is 5.56 Å². The molecule has 5 heteroatoms. The molecule has 1 aromatic rings. The topological polar surface area (TPSA) is 68.0 Å². The molecule has 0 bridgehead atoms. The lowest BCUT2D eigenvalue weighted by molar-refractivity contribution is 0.0931. The van der Waals surface area contributed by atoms with E-state index in [9.17, 15) is 9.18 Å². The lowest BCUT2D eigenvalue weighted by Crippen LogP contribution is -2.34. The van der Waals surface area contributed by atoms with E-state index in [1.165, 1.54) is 12.3 Å². The molecule has 1 fully saturated rings. The summed E-state index contributed by atoms with van der Waals surface area (Å²) >= 11 is 0. The highest BCUT2D eigenvalue weighted by atomic mass is 19.1. The van der Waals surface area contributed by atoms with Gasteiger partial charge in [0.2, 0.25) is 0 Å². The van der Waals surface area contributed by atoms with Crippen LogP contribution in [-0.2, 0) is 0 Å². The molecular formula is C10H12FN3O. The third-order valence-corrected chi connectivity index (χ3v) is 2.58. The van der Waals surface area contributed by atoms with Crippen LogP contribution in [-0.4, -0.2) is 16.4 Å². The van der Waals surface area contributed by atoms with Crippen LogP contribution in [0.15, 0.2) is 12.3 Å². The summed E-state index contributed by atoms with van der Waals surface area (Å²) in [5.41, 5.74) is 5.06. The van der Waals surface area contributed by atoms with Crippen molar-refractivity contribution in [2.45, 2.75) is 25.3 Å². The fraction of sp³-hybridized carbons (Fsp3) is 0.400. The first kappa shape index (κ1) is 9.89. The van der Waals surface area contributed by atoms with Gasteiger partial charge in [0.25, 0.3) is 5.91 Å². The zero-order valence-corrected chi connectivity index (χ0v) is 8.38. The Morgan fingerprint density at radius 1 is 1.67 bits per heavy atom. The van der Waals surface area contributed by atoms with Gasteiger partial charge in [-0.1, -0.05) is 0 Å². The summed E-state index contributed by atoms with van der Waals surface area (Å²) in [6.45, 7) is 1.92. The van der Waals surface area contributed by atoms with Gasteiger partial charge < -0.3 is 11.1 Å². The number of rotatable bonds is 2. The number of halogens is 1. The maximum atomic E-state index is 13.4. The second kappa shape index (κ2) is 3.18. The minimum absolute atomic E-state index is 0.0457. The molecule has 1 aliphatic carbocycles. The molecule has 0 unspecified atom stereocenters. The molecule has 1 saturated carbocycles. The summed E-state index contributed by atoms with van der Waals surface area (Å²) in [4.78, 5) is 15.2. The van der Waals surface area contributed by atoms with Crippen molar-refractivity contribution in [2.24, 2.45) is 0 Å². The highest BCUT2D eigenvalue weighted by Crippen LogP contribution is 2.34. The van der Waals surface area contributed by atoms with Gasteiger partial charge in [-0.2, -0.15) is 0 Å². The Hall–Kier alpha value is -1.65. The highest BCUT2D eigenvalue weighted by Gasteiger charge is 2.39. The van der Waals surface area contributed by atoms with Crippen molar-refractivity contribution >= 4 is 11.7 Å². The maximum Gasteiger partial charge on any atom is 0.254 e. The number of anilines is 1. The van der Waals surface area contributed by atoms with Gasteiger partial charge in [-0.05, 0) is 25.8 Å². The van der Waals surface area contributed by atoms with Gasteiger partial charge in [-0.15, -0.1) is 0 Å². The Balaban J connectivity index is 2.21. The van der Waals surface area contributed by atoms with Crippen LogP contribution >= 0.6 is 0 Å². The fourth-order valence-electron chi connectivity index (χ4n) is 1.29. The van der Waals surface area contributed by atoms with Crippen molar-refractivity contribution < 1.29 is 9.18 Å². The van der Waals surface area contributed by atoms with E-state index in [0.717, 1.165) is 12.8 Å². The van der Waals surface area contributed by atoms with Gasteiger partial charge in [0.1, 0.15) is 0 Å². The molecule has 1 heterocycles. The molecule has 80 valence electrons. The molecule has 15 heavy (non-hydrogen) atoms. The van der Waals surface area contributed by atoms with Crippen LogP contribution in [0.1, 0.15) is 30.1 Å². The van der Waals surface area contributed by atoms with Crippen molar-refractivity contribution in [3.63, 3.8) is 0 Å². The van der Waals surface area contributed by atoms with E-state index in [2.05, 4.69) is 10.3 Å². The summed E-state index contributed by atoms with van der Waals surface area (Å²) < 4.78 is 13.4. The monoisotopic (exact) mass is 209 g/mol. The number of carbonyl (C=O) groups is 1. The lowest BCUT2D eigenvalue weighted by Gasteiger charge is -2.11. The first-order valence-corrected chi connectivity index (χ1v) is 4.74. The van der Waals surface area contributed by atoms with E-state index >= 15 is 0 Å². The molecule has 0 spiro atoms. The van der Waals surface area contributed by atoms with E-state index in [1.807, 2.05) is 6.92 Å². The van der Waals surface area contributed by atoms with Crippen LogP contribution < -0.4 is 11.1 Å². The van der Waals surface area contributed by atoms with Crippen molar-refractivity contribution in [3.8, 4) is 0 Å². The van der Waals surface area contributed by atoms with E-state index in [1.54, 1.807) is 0 Å². The van der Waals surface area contributed by atoms with E-state index in [4.69, 9.17) is 5.73 Å². The van der Waals surface area contributed by atoms with E-state index in [0.29, 0.717) is 0 Å². The largest absolute Gasteiger partial charge is 0.381 e. The van der Waals surface area contributed by atoms with Crippen molar-refractivity contribution in [1.29, 1.82) is 0 Å². The van der Waals surface area contributed by atoms with Crippen LogP contribution in [0.25, 0.3) is 0 Å². The van der Waals surface area contributed by atoms with Crippen LogP contribution in [0.5, 0.6) is 0 Å². The number of amides is 1. The molecule has 0 saturated heterocycles. The summed E-state index contributed by atoms with van der Waals surface area (Å²) in [5, 5.41) is 2.75. The predicted octanol–water partition coefficient (Wildman–Crippen LogP) is 1.09. The zero-order chi connectivity index (χ0) is 11.1. The molecule has 2 rings (SSSR count).